The molecule has 1 aliphatic heterocycles. The molecule has 130 valence electrons. The molecule has 0 saturated carbocycles. The SMILES string of the molecule is Cc1ccc(-c2cnc3c(c2)N(Cc2cccc(F)c2)C(=O)C3)cc1C. The summed E-state index contributed by atoms with van der Waals surface area (Å²) in [5.41, 5.74) is 6.87. The Labute approximate surface area is 152 Å². The summed E-state index contributed by atoms with van der Waals surface area (Å²) in [6, 6.07) is 14.7. The van der Waals surface area contributed by atoms with Crippen molar-refractivity contribution in [3.63, 3.8) is 0 Å². The van der Waals surface area contributed by atoms with Crippen molar-refractivity contribution in [2.75, 3.05) is 4.90 Å². The molecule has 0 unspecified atom stereocenters. The molecule has 2 heterocycles. The van der Waals surface area contributed by atoms with E-state index in [-0.39, 0.29) is 18.1 Å². The van der Waals surface area contributed by atoms with Crippen molar-refractivity contribution < 1.29 is 9.18 Å². The number of aromatic nitrogens is 1. The molecule has 2 aromatic carbocycles. The summed E-state index contributed by atoms with van der Waals surface area (Å²) in [5, 5.41) is 0. The summed E-state index contributed by atoms with van der Waals surface area (Å²) in [6.45, 7) is 4.51. The number of carbonyl (C=O) groups is 1. The highest BCUT2D eigenvalue weighted by Gasteiger charge is 2.29. The standard InChI is InChI=1S/C22H19FN2O/c1-14-6-7-17(8-15(14)2)18-10-21-20(24-12-18)11-22(26)25(21)13-16-4-3-5-19(23)9-16/h3-10,12H,11,13H2,1-2H3. The van der Waals surface area contributed by atoms with Gasteiger partial charge in [0.05, 0.1) is 24.3 Å². The molecule has 0 saturated heterocycles. The van der Waals surface area contributed by atoms with E-state index in [1.165, 1.54) is 23.3 Å². The number of fused-ring (bicyclic) bond motifs is 1. The lowest BCUT2D eigenvalue weighted by atomic mass is 10.0. The van der Waals surface area contributed by atoms with Crippen molar-refractivity contribution in [3.8, 4) is 11.1 Å². The van der Waals surface area contributed by atoms with Gasteiger partial charge >= 0.3 is 0 Å². The van der Waals surface area contributed by atoms with Crippen LogP contribution in [0.3, 0.4) is 0 Å². The Hall–Kier alpha value is -3.01. The normalized spacial score (nSPS) is 13.2. The van der Waals surface area contributed by atoms with Crippen molar-refractivity contribution in [2.45, 2.75) is 26.8 Å². The lowest BCUT2D eigenvalue weighted by Gasteiger charge is -2.18. The topological polar surface area (TPSA) is 33.2 Å². The summed E-state index contributed by atoms with van der Waals surface area (Å²) < 4.78 is 13.5. The van der Waals surface area contributed by atoms with Gasteiger partial charge in [0.25, 0.3) is 0 Å². The lowest BCUT2D eigenvalue weighted by Crippen LogP contribution is -2.26. The van der Waals surface area contributed by atoms with E-state index in [4.69, 9.17) is 0 Å². The lowest BCUT2D eigenvalue weighted by molar-refractivity contribution is -0.117. The first kappa shape index (κ1) is 16.5. The molecule has 0 spiro atoms. The second-order valence-corrected chi connectivity index (χ2v) is 6.78. The van der Waals surface area contributed by atoms with Gasteiger partial charge in [-0.1, -0.05) is 30.3 Å². The fourth-order valence-corrected chi connectivity index (χ4v) is 3.29. The zero-order valence-electron chi connectivity index (χ0n) is 14.8. The molecule has 3 nitrogen and oxygen atoms in total. The Morgan fingerprint density at radius 1 is 1.04 bits per heavy atom. The van der Waals surface area contributed by atoms with Crippen LogP contribution < -0.4 is 4.90 Å². The molecule has 0 fully saturated rings. The second kappa shape index (κ2) is 6.37. The molecule has 0 atom stereocenters. The second-order valence-electron chi connectivity index (χ2n) is 6.78. The molecule has 4 rings (SSSR count). The number of anilines is 1. The van der Waals surface area contributed by atoms with E-state index in [1.807, 2.05) is 18.3 Å². The smallest absolute Gasteiger partial charge is 0.233 e. The van der Waals surface area contributed by atoms with Crippen LogP contribution in [0.25, 0.3) is 11.1 Å². The average Bonchev–Trinajstić information content (AvgIpc) is 2.92. The molecule has 3 aromatic rings. The van der Waals surface area contributed by atoms with Crippen LogP contribution >= 0.6 is 0 Å². The number of hydrogen-bond acceptors (Lipinski definition) is 2. The number of benzene rings is 2. The van der Waals surface area contributed by atoms with E-state index >= 15 is 0 Å². The van der Waals surface area contributed by atoms with Gasteiger partial charge in [-0.05, 0) is 54.3 Å². The Balaban J connectivity index is 1.71. The van der Waals surface area contributed by atoms with E-state index in [0.717, 1.165) is 28.1 Å². The van der Waals surface area contributed by atoms with Crippen LogP contribution in [-0.2, 0) is 17.8 Å². The van der Waals surface area contributed by atoms with Crippen molar-refractivity contribution in [1.82, 2.24) is 4.98 Å². The number of carbonyl (C=O) groups excluding carboxylic acids is 1. The summed E-state index contributed by atoms with van der Waals surface area (Å²) in [4.78, 5) is 18.7. The highest BCUT2D eigenvalue weighted by molar-refractivity contribution is 6.01. The first-order chi connectivity index (χ1) is 12.5. The minimum atomic E-state index is -0.295. The van der Waals surface area contributed by atoms with Gasteiger partial charge in [-0.3, -0.25) is 9.78 Å². The molecule has 1 aliphatic rings. The predicted octanol–water partition coefficient (Wildman–Crippen LogP) is 4.59. The van der Waals surface area contributed by atoms with Gasteiger partial charge < -0.3 is 4.90 Å². The number of amides is 1. The maximum absolute atomic E-state index is 13.5. The summed E-state index contributed by atoms with van der Waals surface area (Å²) in [6.07, 6.45) is 2.11. The zero-order valence-corrected chi connectivity index (χ0v) is 14.8. The van der Waals surface area contributed by atoms with E-state index in [9.17, 15) is 9.18 Å². The Bertz CT molecular complexity index is 1010. The summed E-state index contributed by atoms with van der Waals surface area (Å²) >= 11 is 0. The number of aryl methyl sites for hydroxylation is 2. The van der Waals surface area contributed by atoms with E-state index in [0.29, 0.717) is 6.54 Å². The Morgan fingerprint density at radius 3 is 2.65 bits per heavy atom. The molecule has 0 aliphatic carbocycles. The van der Waals surface area contributed by atoms with Gasteiger partial charge in [-0.2, -0.15) is 0 Å². The fraction of sp³-hybridized carbons (Fsp3) is 0.182. The van der Waals surface area contributed by atoms with Crippen molar-refractivity contribution in [2.24, 2.45) is 0 Å². The van der Waals surface area contributed by atoms with Gasteiger partial charge in [0.15, 0.2) is 0 Å². The average molecular weight is 346 g/mol. The van der Waals surface area contributed by atoms with Crippen LogP contribution in [-0.4, -0.2) is 10.9 Å². The molecule has 1 aromatic heterocycles. The monoisotopic (exact) mass is 346 g/mol. The minimum absolute atomic E-state index is 0.00556. The van der Waals surface area contributed by atoms with Gasteiger partial charge in [0, 0.05) is 11.8 Å². The Kier molecular flexibility index (Phi) is 4.03. The summed E-state index contributed by atoms with van der Waals surface area (Å²) in [7, 11) is 0. The number of hydrogen-bond donors (Lipinski definition) is 0. The number of halogens is 1. The third-order valence-corrected chi connectivity index (χ3v) is 4.93. The third kappa shape index (κ3) is 2.99. The maximum Gasteiger partial charge on any atom is 0.233 e. The molecular weight excluding hydrogens is 327 g/mol. The number of rotatable bonds is 3. The van der Waals surface area contributed by atoms with Crippen LogP contribution in [0.5, 0.6) is 0 Å². The third-order valence-electron chi connectivity index (χ3n) is 4.93. The highest BCUT2D eigenvalue weighted by atomic mass is 19.1. The molecule has 0 bridgehead atoms. The zero-order chi connectivity index (χ0) is 18.3. The molecular formula is C22H19FN2O. The predicted molar refractivity (Wildman–Crippen MR) is 100 cm³/mol. The van der Waals surface area contributed by atoms with Crippen LogP contribution in [0, 0.1) is 19.7 Å². The van der Waals surface area contributed by atoms with E-state index in [1.54, 1.807) is 11.0 Å². The molecule has 0 radical (unpaired) electrons. The molecule has 0 N–H and O–H groups in total. The molecule has 4 heteroatoms. The van der Waals surface area contributed by atoms with Gasteiger partial charge in [-0.15, -0.1) is 0 Å². The van der Waals surface area contributed by atoms with Crippen LogP contribution in [0.2, 0.25) is 0 Å². The van der Waals surface area contributed by atoms with Crippen LogP contribution in [0.15, 0.2) is 54.7 Å². The quantitative estimate of drug-likeness (QED) is 0.695. The minimum Gasteiger partial charge on any atom is -0.306 e. The van der Waals surface area contributed by atoms with Gasteiger partial charge in [-0.25, -0.2) is 4.39 Å². The number of nitrogens with zero attached hydrogens (tertiary/aromatic N) is 2. The van der Waals surface area contributed by atoms with Crippen LogP contribution in [0.4, 0.5) is 10.1 Å². The first-order valence-corrected chi connectivity index (χ1v) is 8.62. The van der Waals surface area contributed by atoms with E-state index in [2.05, 4.69) is 37.0 Å². The van der Waals surface area contributed by atoms with E-state index < -0.39 is 0 Å². The van der Waals surface area contributed by atoms with Crippen LogP contribution in [0.1, 0.15) is 22.4 Å². The number of pyridine rings is 1. The molecule has 26 heavy (non-hydrogen) atoms. The fourth-order valence-electron chi connectivity index (χ4n) is 3.29. The molecule has 1 amide bonds. The first-order valence-electron chi connectivity index (χ1n) is 8.62. The van der Waals surface area contributed by atoms with Crippen molar-refractivity contribution in [3.05, 3.63) is 82.9 Å². The maximum atomic E-state index is 13.5. The summed E-state index contributed by atoms with van der Waals surface area (Å²) in [5.74, 6) is -0.301. The Morgan fingerprint density at radius 2 is 1.88 bits per heavy atom. The van der Waals surface area contributed by atoms with Gasteiger partial charge in [0.2, 0.25) is 5.91 Å². The van der Waals surface area contributed by atoms with Crippen molar-refractivity contribution >= 4 is 11.6 Å². The van der Waals surface area contributed by atoms with Gasteiger partial charge in [0.1, 0.15) is 5.82 Å². The largest absolute Gasteiger partial charge is 0.306 e. The van der Waals surface area contributed by atoms with Crippen molar-refractivity contribution in [1.29, 1.82) is 0 Å². The highest BCUT2D eigenvalue weighted by Crippen LogP contribution is 2.33.